The number of rotatable bonds is 4. The quantitative estimate of drug-likeness (QED) is 0.908. The minimum absolute atomic E-state index is 0.125. The van der Waals surface area contributed by atoms with Gasteiger partial charge in [0.15, 0.2) is 0 Å². The topological polar surface area (TPSA) is 75.0 Å². The maximum atomic E-state index is 12.4. The first-order chi connectivity index (χ1) is 12.2. The first-order valence-corrected chi connectivity index (χ1v) is 9.27. The van der Waals surface area contributed by atoms with Crippen molar-refractivity contribution in [2.45, 2.75) is 69.9 Å². The van der Waals surface area contributed by atoms with Crippen LogP contribution in [0.2, 0.25) is 0 Å². The molecule has 3 rings (SSSR count). The molecule has 0 spiro atoms. The van der Waals surface area contributed by atoms with Crippen LogP contribution in [0.3, 0.4) is 0 Å². The van der Waals surface area contributed by atoms with Gasteiger partial charge in [-0.05, 0) is 57.4 Å². The summed E-state index contributed by atoms with van der Waals surface area (Å²) >= 11 is 0. The van der Waals surface area contributed by atoms with Crippen molar-refractivity contribution >= 4 is 5.91 Å². The fraction of sp³-hybridized carbons (Fsp3) is 0.550. The molecule has 5 heteroatoms. The van der Waals surface area contributed by atoms with Gasteiger partial charge in [0.1, 0.15) is 12.2 Å². The molecule has 0 bridgehead atoms. The highest BCUT2D eigenvalue weighted by atomic mass is 16.5. The summed E-state index contributed by atoms with van der Waals surface area (Å²) < 4.78 is 5.90. The average molecular weight is 339 g/mol. The van der Waals surface area contributed by atoms with Crippen LogP contribution in [0.1, 0.15) is 63.4 Å². The van der Waals surface area contributed by atoms with Gasteiger partial charge in [0, 0.05) is 23.9 Å². The number of carbonyl (C=O) groups excluding carboxylic acids is 1. The van der Waals surface area contributed by atoms with Crippen molar-refractivity contribution in [2.75, 3.05) is 0 Å². The second-order valence-electron chi connectivity index (χ2n) is 6.89. The standard InChI is InChI=1S/C20H25N3O2/c21-13-15-7-12-19(22-14-15)25-18-10-8-17(9-11-18)23-20(24)16-5-3-1-2-4-6-16/h5,7,12,14,17-18H,1-4,6,8-11H2,(H,23,24). The van der Waals surface area contributed by atoms with Gasteiger partial charge in [-0.1, -0.05) is 12.5 Å². The third-order valence-corrected chi connectivity index (χ3v) is 4.99. The molecule has 1 saturated carbocycles. The first-order valence-electron chi connectivity index (χ1n) is 9.27. The van der Waals surface area contributed by atoms with Gasteiger partial charge in [-0.2, -0.15) is 5.26 Å². The fourth-order valence-corrected chi connectivity index (χ4v) is 3.51. The van der Waals surface area contributed by atoms with Crippen LogP contribution < -0.4 is 10.1 Å². The van der Waals surface area contributed by atoms with Crippen LogP contribution in [0.15, 0.2) is 30.0 Å². The Morgan fingerprint density at radius 2 is 2.04 bits per heavy atom. The molecule has 0 radical (unpaired) electrons. The lowest BCUT2D eigenvalue weighted by Crippen LogP contribution is -2.40. The van der Waals surface area contributed by atoms with E-state index in [-0.39, 0.29) is 18.1 Å². The van der Waals surface area contributed by atoms with Crippen molar-refractivity contribution in [1.29, 1.82) is 5.26 Å². The van der Waals surface area contributed by atoms with E-state index in [1.165, 1.54) is 19.0 Å². The van der Waals surface area contributed by atoms with Crippen LogP contribution in [0.5, 0.6) is 5.88 Å². The summed E-state index contributed by atoms with van der Waals surface area (Å²) in [6.07, 6.45) is 12.9. The Morgan fingerprint density at radius 3 is 2.76 bits per heavy atom. The summed E-state index contributed by atoms with van der Waals surface area (Å²) in [5.41, 5.74) is 1.50. The minimum atomic E-state index is 0.125. The number of amides is 1. The summed E-state index contributed by atoms with van der Waals surface area (Å²) in [5, 5.41) is 12.0. The monoisotopic (exact) mass is 339 g/mol. The van der Waals surface area contributed by atoms with Gasteiger partial charge in [-0.15, -0.1) is 0 Å². The van der Waals surface area contributed by atoms with Gasteiger partial charge in [0.05, 0.1) is 5.56 Å². The van der Waals surface area contributed by atoms with Gasteiger partial charge < -0.3 is 10.1 Å². The first kappa shape index (κ1) is 17.5. The van der Waals surface area contributed by atoms with Crippen molar-refractivity contribution in [3.8, 4) is 11.9 Å². The SMILES string of the molecule is N#Cc1ccc(OC2CCC(NC(=O)C3=CCCCCC3)CC2)nc1. The van der Waals surface area contributed by atoms with E-state index >= 15 is 0 Å². The number of allylic oxidation sites excluding steroid dienone is 1. The normalized spacial score (nSPS) is 23.7. The number of nitrogens with zero attached hydrogens (tertiary/aromatic N) is 2. The van der Waals surface area contributed by atoms with E-state index in [0.717, 1.165) is 50.5 Å². The van der Waals surface area contributed by atoms with Crippen LogP contribution in [0.25, 0.3) is 0 Å². The van der Waals surface area contributed by atoms with Crippen LogP contribution in [-0.4, -0.2) is 23.0 Å². The largest absolute Gasteiger partial charge is 0.474 e. The molecule has 2 aliphatic carbocycles. The number of pyridine rings is 1. The van der Waals surface area contributed by atoms with Crippen LogP contribution in [-0.2, 0) is 4.79 Å². The zero-order valence-electron chi connectivity index (χ0n) is 14.5. The molecular formula is C20H25N3O2. The summed E-state index contributed by atoms with van der Waals surface area (Å²) in [6, 6.07) is 5.75. The molecule has 1 N–H and O–H groups in total. The summed E-state index contributed by atoms with van der Waals surface area (Å²) in [4.78, 5) is 16.6. The molecule has 25 heavy (non-hydrogen) atoms. The van der Waals surface area contributed by atoms with Crippen LogP contribution >= 0.6 is 0 Å². The third-order valence-electron chi connectivity index (χ3n) is 4.99. The molecule has 0 saturated heterocycles. The van der Waals surface area contributed by atoms with Crippen molar-refractivity contribution in [1.82, 2.24) is 10.3 Å². The number of nitrogens with one attached hydrogen (secondary N) is 1. The Balaban J connectivity index is 1.44. The molecule has 0 aromatic carbocycles. The lowest BCUT2D eigenvalue weighted by molar-refractivity contribution is -0.118. The van der Waals surface area contributed by atoms with Gasteiger partial charge in [-0.3, -0.25) is 4.79 Å². The van der Waals surface area contributed by atoms with Gasteiger partial charge in [0.25, 0.3) is 0 Å². The second-order valence-corrected chi connectivity index (χ2v) is 6.89. The second kappa shape index (κ2) is 8.66. The summed E-state index contributed by atoms with van der Waals surface area (Å²) in [6.45, 7) is 0. The molecule has 0 atom stereocenters. The highest BCUT2D eigenvalue weighted by Crippen LogP contribution is 2.24. The smallest absolute Gasteiger partial charge is 0.247 e. The molecule has 5 nitrogen and oxygen atoms in total. The Kier molecular flexibility index (Phi) is 6.05. The third kappa shape index (κ3) is 5.06. The molecule has 1 aromatic rings. The zero-order valence-corrected chi connectivity index (χ0v) is 14.5. The van der Waals surface area contributed by atoms with Gasteiger partial charge in [-0.25, -0.2) is 4.98 Å². The number of aromatic nitrogens is 1. The lowest BCUT2D eigenvalue weighted by atomic mass is 9.92. The van der Waals surface area contributed by atoms with E-state index in [9.17, 15) is 4.79 Å². The Labute approximate surface area is 149 Å². The van der Waals surface area contributed by atoms with Crippen molar-refractivity contribution in [3.63, 3.8) is 0 Å². The maximum absolute atomic E-state index is 12.4. The Morgan fingerprint density at radius 1 is 1.20 bits per heavy atom. The molecule has 2 aliphatic rings. The fourth-order valence-electron chi connectivity index (χ4n) is 3.51. The Hall–Kier alpha value is -2.35. The van der Waals surface area contributed by atoms with E-state index in [0.29, 0.717) is 11.4 Å². The molecule has 1 amide bonds. The van der Waals surface area contributed by atoms with E-state index in [2.05, 4.69) is 16.4 Å². The zero-order chi connectivity index (χ0) is 17.5. The highest BCUT2D eigenvalue weighted by Gasteiger charge is 2.24. The predicted octanol–water partition coefficient (Wildman–Crippen LogP) is 3.65. The molecular weight excluding hydrogens is 314 g/mol. The van der Waals surface area contributed by atoms with Crippen LogP contribution in [0.4, 0.5) is 0 Å². The molecule has 0 aliphatic heterocycles. The lowest BCUT2D eigenvalue weighted by Gasteiger charge is -2.29. The number of ether oxygens (including phenoxy) is 1. The van der Waals surface area contributed by atoms with E-state index in [1.54, 1.807) is 12.1 Å². The number of carbonyl (C=O) groups is 1. The molecule has 0 unspecified atom stereocenters. The van der Waals surface area contributed by atoms with E-state index in [4.69, 9.17) is 10.00 Å². The van der Waals surface area contributed by atoms with Gasteiger partial charge in [0.2, 0.25) is 11.8 Å². The number of hydrogen-bond acceptors (Lipinski definition) is 4. The van der Waals surface area contributed by atoms with Crippen LogP contribution in [0, 0.1) is 11.3 Å². The van der Waals surface area contributed by atoms with E-state index < -0.39 is 0 Å². The molecule has 1 fully saturated rings. The Bertz CT molecular complexity index is 653. The number of hydrogen-bond donors (Lipinski definition) is 1. The molecule has 1 heterocycles. The maximum Gasteiger partial charge on any atom is 0.247 e. The van der Waals surface area contributed by atoms with Crippen molar-refractivity contribution < 1.29 is 9.53 Å². The number of nitriles is 1. The van der Waals surface area contributed by atoms with Crippen molar-refractivity contribution in [3.05, 3.63) is 35.5 Å². The predicted molar refractivity (Wildman–Crippen MR) is 94.9 cm³/mol. The summed E-state index contributed by atoms with van der Waals surface area (Å²) in [7, 11) is 0. The van der Waals surface area contributed by atoms with Crippen molar-refractivity contribution in [2.24, 2.45) is 0 Å². The van der Waals surface area contributed by atoms with Gasteiger partial charge >= 0.3 is 0 Å². The average Bonchev–Trinajstić information content (AvgIpc) is 2.93. The van der Waals surface area contributed by atoms with E-state index in [1.807, 2.05) is 6.07 Å². The summed E-state index contributed by atoms with van der Waals surface area (Å²) in [5.74, 6) is 0.690. The molecule has 132 valence electrons. The highest BCUT2D eigenvalue weighted by molar-refractivity contribution is 5.93. The minimum Gasteiger partial charge on any atom is -0.474 e. The molecule has 1 aromatic heterocycles.